The van der Waals surface area contributed by atoms with Crippen LogP contribution in [0.2, 0.25) is 15.1 Å². The van der Waals surface area contributed by atoms with Gasteiger partial charge in [0.1, 0.15) is 12.6 Å². The standard InChI is InChI=1S/C30H34Cl3N3O4S/c1-6-27(30(38)34-19(2)3)35(17-24-25(32)8-7-9-26(24)33)29(37)18-36(28-15-12-22(31)16-21(28)5)41(39,40)23-13-10-20(4)11-14-23/h7-16,19,27H,6,17-18H2,1-5H3,(H,34,38)/t27-/m0/s1. The van der Waals surface area contributed by atoms with Gasteiger partial charge in [0.15, 0.2) is 0 Å². The zero-order chi connectivity index (χ0) is 30.5. The molecular formula is C30H34Cl3N3O4S. The van der Waals surface area contributed by atoms with Gasteiger partial charge in [-0.2, -0.15) is 0 Å². The molecule has 3 rings (SSSR count). The molecule has 2 amide bonds. The minimum absolute atomic E-state index is 0.0236. The van der Waals surface area contributed by atoms with Crippen LogP contribution in [-0.4, -0.2) is 43.8 Å². The third-order valence-electron chi connectivity index (χ3n) is 6.52. The van der Waals surface area contributed by atoms with E-state index >= 15 is 0 Å². The van der Waals surface area contributed by atoms with E-state index in [2.05, 4.69) is 5.32 Å². The predicted octanol–water partition coefficient (Wildman–Crippen LogP) is 6.79. The van der Waals surface area contributed by atoms with Crippen molar-refractivity contribution < 1.29 is 18.0 Å². The number of sulfonamides is 1. The number of benzene rings is 3. The number of hydrogen-bond donors (Lipinski definition) is 1. The van der Waals surface area contributed by atoms with Crippen LogP contribution >= 0.6 is 34.8 Å². The normalized spacial score (nSPS) is 12.2. The Balaban J connectivity index is 2.14. The molecule has 220 valence electrons. The van der Waals surface area contributed by atoms with Crippen LogP contribution in [-0.2, 0) is 26.2 Å². The fourth-order valence-corrected chi connectivity index (χ4v) is 6.63. The van der Waals surface area contributed by atoms with E-state index in [9.17, 15) is 18.0 Å². The highest BCUT2D eigenvalue weighted by atomic mass is 35.5. The van der Waals surface area contributed by atoms with Crippen molar-refractivity contribution in [1.29, 1.82) is 0 Å². The molecule has 0 spiro atoms. The Bertz CT molecular complexity index is 1490. The Kier molecular flexibility index (Phi) is 11.1. The average Bonchev–Trinajstić information content (AvgIpc) is 2.89. The zero-order valence-corrected chi connectivity index (χ0v) is 26.7. The molecule has 0 aliphatic carbocycles. The van der Waals surface area contributed by atoms with E-state index in [1.165, 1.54) is 17.0 Å². The van der Waals surface area contributed by atoms with Crippen LogP contribution in [0.4, 0.5) is 5.69 Å². The molecule has 7 nitrogen and oxygen atoms in total. The van der Waals surface area contributed by atoms with Crippen molar-refractivity contribution in [3.8, 4) is 0 Å². The van der Waals surface area contributed by atoms with Crippen molar-refractivity contribution in [3.63, 3.8) is 0 Å². The Hall–Kier alpha value is -2.78. The van der Waals surface area contributed by atoms with Crippen LogP contribution in [0.15, 0.2) is 65.6 Å². The van der Waals surface area contributed by atoms with E-state index < -0.39 is 28.5 Å². The summed E-state index contributed by atoms with van der Waals surface area (Å²) in [7, 11) is -4.21. The first-order valence-corrected chi connectivity index (χ1v) is 15.7. The molecule has 0 saturated heterocycles. The molecule has 0 bridgehead atoms. The van der Waals surface area contributed by atoms with Crippen LogP contribution < -0.4 is 9.62 Å². The SMILES string of the molecule is CC[C@@H](C(=O)NC(C)C)N(Cc1c(Cl)cccc1Cl)C(=O)CN(c1ccc(Cl)cc1C)S(=O)(=O)c1ccc(C)cc1. The highest BCUT2D eigenvalue weighted by molar-refractivity contribution is 7.92. The van der Waals surface area contributed by atoms with Crippen LogP contribution in [0, 0.1) is 13.8 Å². The van der Waals surface area contributed by atoms with Gasteiger partial charge in [-0.3, -0.25) is 13.9 Å². The summed E-state index contributed by atoms with van der Waals surface area (Å²) in [5, 5.41) is 3.94. The van der Waals surface area contributed by atoms with E-state index in [1.54, 1.807) is 62.4 Å². The number of hydrogen-bond acceptors (Lipinski definition) is 4. The topological polar surface area (TPSA) is 86.8 Å². The van der Waals surface area contributed by atoms with Gasteiger partial charge in [0.25, 0.3) is 10.0 Å². The first-order chi connectivity index (χ1) is 19.3. The summed E-state index contributed by atoms with van der Waals surface area (Å²) >= 11 is 19.1. The second-order valence-electron chi connectivity index (χ2n) is 10.1. The van der Waals surface area contributed by atoms with Gasteiger partial charge < -0.3 is 10.2 Å². The number of aryl methyl sites for hydroxylation is 2. The fourth-order valence-electron chi connectivity index (χ4n) is 4.40. The van der Waals surface area contributed by atoms with Gasteiger partial charge >= 0.3 is 0 Å². The molecule has 41 heavy (non-hydrogen) atoms. The first-order valence-electron chi connectivity index (χ1n) is 13.1. The summed E-state index contributed by atoms with van der Waals surface area (Å²) < 4.78 is 29.1. The molecule has 11 heteroatoms. The van der Waals surface area contributed by atoms with Gasteiger partial charge in [-0.15, -0.1) is 0 Å². The Morgan fingerprint density at radius 1 is 0.927 bits per heavy atom. The molecule has 0 aliphatic heterocycles. The number of nitrogens with zero attached hydrogens (tertiary/aromatic N) is 2. The maximum absolute atomic E-state index is 14.2. The molecule has 0 saturated carbocycles. The minimum Gasteiger partial charge on any atom is -0.352 e. The van der Waals surface area contributed by atoms with Gasteiger partial charge in [-0.1, -0.05) is 65.5 Å². The second-order valence-corrected chi connectivity index (χ2v) is 13.2. The second kappa shape index (κ2) is 13.9. The molecule has 0 fully saturated rings. The molecule has 0 unspecified atom stereocenters. The Morgan fingerprint density at radius 2 is 1.54 bits per heavy atom. The lowest BCUT2D eigenvalue weighted by Gasteiger charge is -2.34. The highest BCUT2D eigenvalue weighted by Gasteiger charge is 2.35. The summed E-state index contributed by atoms with van der Waals surface area (Å²) in [6.07, 6.45) is 0.275. The first kappa shape index (κ1) is 32.7. The molecule has 1 N–H and O–H groups in total. The molecule has 0 aliphatic rings. The third-order valence-corrected chi connectivity index (χ3v) is 9.24. The maximum atomic E-state index is 14.2. The van der Waals surface area contributed by atoms with E-state index in [0.717, 1.165) is 9.87 Å². The summed E-state index contributed by atoms with van der Waals surface area (Å²) in [5.41, 5.74) is 2.19. The lowest BCUT2D eigenvalue weighted by molar-refractivity contribution is -0.140. The molecular weight excluding hydrogens is 605 g/mol. The Morgan fingerprint density at radius 3 is 2.07 bits per heavy atom. The lowest BCUT2D eigenvalue weighted by atomic mass is 10.1. The summed E-state index contributed by atoms with van der Waals surface area (Å²) in [6, 6.07) is 15.0. The number of amides is 2. The molecule has 1 atom stereocenters. The van der Waals surface area contributed by atoms with Crippen molar-refractivity contribution in [3.05, 3.63) is 92.4 Å². The van der Waals surface area contributed by atoms with Gasteiger partial charge in [-0.05, 0) is 82.1 Å². The molecule has 3 aromatic rings. The minimum atomic E-state index is -4.21. The monoisotopic (exact) mass is 637 g/mol. The smallest absolute Gasteiger partial charge is 0.264 e. The highest BCUT2D eigenvalue weighted by Crippen LogP contribution is 2.31. The number of carbonyl (C=O) groups is 2. The van der Waals surface area contributed by atoms with Crippen molar-refractivity contribution >= 4 is 62.3 Å². The molecule has 3 aromatic carbocycles. The molecule has 0 aromatic heterocycles. The quantitative estimate of drug-likeness (QED) is 0.251. The van der Waals surface area contributed by atoms with Crippen LogP contribution in [0.3, 0.4) is 0 Å². The maximum Gasteiger partial charge on any atom is 0.264 e. The van der Waals surface area contributed by atoms with Crippen LogP contribution in [0.1, 0.15) is 43.9 Å². The summed E-state index contributed by atoms with van der Waals surface area (Å²) in [6.45, 7) is 8.32. The van der Waals surface area contributed by atoms with Gasteiger partial charge in [-0.25, -0.2) is 8.42 Å². The third kappa shape index (κ3) is 7.95. The van der Waals surface area contributed by atoms with E-state index in [4.69, 9.17) is 34.8 Å². The zero-order valence-electron chi connectivity index (χ0n) is 23.6. The number of rotatable bonds is 11. The van der Waals surface area contributed by atoms with Crippen molar-refractivity contribution in [1.82, 2.24) is 10.2 Å². The van der Waals surface area contributed by atoms with E-state index in [0.29, 0.717) is 31.9 Å². The van der Waals surface area contributed by atoms with Gasteiger partial charge in [0.2, 0.25) is 11.8 Å². The largest absolute Gasteiger partial charge is 0.352 e. The van der Waals surface area contributed by atoms with Crippen LogP contribution in [0.25, 0.3) is 0 Å². The van der Waals surface area contributed by atoms with Crippen LogP contribution in [0.5, 0.6) is 0 Å². The Labute approximate surface area is 257 Å². The van der Waals surface area contributed by atoms with Crippen molar-refractivity contribution in [2.24, 2.45) is 0 Å². The summed E-state index contributed by atoms with van der Waals surface area (Å²) in [4.78, 5) is 28.8. The van der Waals surface area contributed by atoms with Crippen molar-refractivity contribution in [2.75, 3.05) is 10.8 Å². The number of halogens is 3. The molecule has 0 radical (unpaired) electrons. The van der Waals surface area contributed by atoms with E-state index in [1.807, 2.05) is 20.8 Å². The fraction of sp³-hybridized carbons (Fsp3) is 0.333. The lowest BCUT2D eigenvalue weighted by Crippen LogP contribution is -2.53. The molecule has 0 heterocycles. The van der Waals surface area contributed by atoms with Crippen molar-refractivity contribution in [2.45, 2.75) is 64.6 Å². The number of nitrogens with one attached hydrogen (secondary N) is 1. The number of anilines is 1. The summed E-state index contributed by atoms with van der Waals surface area (Å²) in [5.74, 6) is -0.966. The average molecular weight is 639 g/mol. The predicted molar refractivity (Wildman–Crippen MR) is 166 cm³/mol. The number of carbonyl (C=O) groups excluding carboxylic acids is 2. The van der Waals surface area contributed by atoms with E-state index in [-0.39, 0.29) is 29.8 Å². The van der Waals surface area contributed by atoms with Gasteiger partial charge in [0.05, 0.1) is 10.6 Å². The van der Waals surface area contributed by atoms with Gasteiger partial charge in [0, 0.05) is 33.2 Å².